The van der Waals surface area contributed by atoms with Crippen LogP contribution in [0, 0.1) is 12.8 Å². The number of nitrogens with zero attached hydrogens (tertiary/aromatic N) is 2. The number of aryl methyl sites for hydroxylation is 1. The second-order valence-corrected chi connectivity index (χ2v) is 7.96. The summed E-state index contributed by atoms with van der Waals surface area (Å²) in [4.78, 5) is 9.14. The van der Waals surface area contributed by atoms with Gasteiger partial charge in [0.25, 0.3) is 0 Å². The van der Waals surface area contributed by atoms with Crippen LogP contribution in [0.15, 0.2) is 47.6 Å². The number of anilines is 1. The maximum Gasteiger partial charge on any atom is 0.206 e. The number of hydrogen-bond donors (Lipinski definition) is 3. The summed E-state index contributed by atoms with van der Waals surface area (Å²) >= 11 is 10.1. The Kier molecular flexibility index (Phi) is 7.02. The molecule has 1 unspecified atom stereocenters. The lowest BCUT2D eigenvalue weighted by atomic mass is 9.76. The Bertz CT molecular complexity index is 770. The van der Waals surface area contributed by atoms with Crippen LogP contribution in [0.1, 0.15) is 49.8 Å². The van der Waals surface area contributed by atoms with Crippen LogP contribution in [-0.2, 0) is 0 Å². The van der Waals surface area contributed by atoms with Crippen molar-refractivity contribution in [1.82, 2.24) is 9.71 Å². The number of benzene rings is 1. The first kappa shape index (κ1) is 20.0. The van der Waals surface area contributed by atoms with E-state index in [0.29, 0.717) is 22.8 Å². The molecule has 2 aromatic rings. The standard InChI is InChI=1S/C21H27ClN4S/c1-14-13-18(11-12-23-14)17-5-3-16(4-6-17)15(2)24-21(26-27)25-20-9-7-19(22)8-10-20/h7-13,15-17,27H,3-6H2,1-2H3,(H2,24,25,26). The number of rotatable bonds is 4. The molecule has 1 fully saturated rings. The first-order chi connectivity index (χ1) is 13.0. The molecular formula is C21H27ClN4S. The molecule has 1 aliphatic carbocycles. The van der Waals surface area contributed by atoms with Crippen molar-refractivity contribution in [1.29, 1.82) is 0 Å². The van der Waals surface area contributed by atoms with Gasteiger partial charge in [0.1, 0.15) is 0 Å². The molecule has 1 aromatic heterocycles. The minimum atomic E-state index is 0.236. The molecule has 4 nitrogen and oxygen atoms in total. The zero-order valence-electron chi connectivity index (χ0n) is 15.8. The van der Waals surface area contributed by atoms with Crippen molar-refractivity contribution in [2.24, 2.45) is 10.9 Å². The molecule has 6 heteroatoms. The number of nitrogens with one attached hydrogen (secondary N) is 2. The molecule has 1 atom stereocenters. The third kappa shape index (κ3) is 5.63. The van der Waals surface area contributed by atoms with Gasteiger partial charge in [-0.3, -0.25) is 4.98 Å². The first-order valence-electron chi connectivity index (χ1n) is 9.48. The Labute approximate surface area is 172 Å². The molecular weight excluding hydrogens is 376 g/mol. The number of hydrogen-bond acceptors (Lipinski definition) is 3. The van der Waals surface area contributed by atoms with E-state index >= 15 is 0 Å². The van der Waals surface area contributed by atoms with E-state index in [1.54, 1.807) is 0 Å². The van der Waals surface area contributed by atoms with Crippen molar-refractivity contribution in [2.75, 3.05) is 5.32 Å². The summed E-state index contributed by atoms with van der Waals surface area (Å²) in [5.74, 6) is 1.90. The van der Waals surface area contributed by atoms with E-state index in [2.05, 4.69) is 53.8 Å². The van der Waals surface area contributed by atoms with Crippen LogP contribution < -0.4 is 10.0 Å². The molecule has 1 aliphatic rings. The molecule has 0 amide bonds. The Morgan fingerprint density at radius 2 is 1.89 bits per heavy atom. The highest BCUT2D eigenvalue weighted by atomic mass is 35.5. The van der Waals surface area contributed by atoms with Gasteiger partial charge in [-0.15, -0.1) is 0 Å². The van der Waals surface area contributed by atoms with Crippen molar-refractivity contribution in [3.05, 3.63) is 58.9 Å². The maximum atomic E-state index is 5.94. The summed E-state index contributed by atoms with van der Waals surface area (Å²) in [6.07, 6.45) is 6.73. The second-order valence-electron chi connectivity index (χ2n) is 7.30. The molecule has 0 spiro atoms. The van der Waals surface area contributed by atoms with E-state index in [-0.39, 0.29) is 6.04 Å². The SMILES string of the molecule is Cc1cc(C2CCC(C(C)N=C(NS)Nc3ccc(Cl)cc3)CC2)ccn1. The molecule has 1 aromatic carbocycles. The summed E-state index contributed by atoms with van der Waals surface area (Å²) < 4.78 is 2.87. The van der Waals surface area contributed by atoms with Gasteiger partial charge in [0, 0.05) is 22.6 Å². The molecule has 1 heterocycles. The normalized spacial score (nSPS) is 21.6. The van der Waals surface area contributed by atoms with Gasteiger partial charge < -0.3 is 10.0 Å². The quantitative estimate of drug-likeness (QED) is 0.354. The number of aliphatic imine (C=N–C) groups is 1. The lowest BCUT2D eigenvalue weighted by Crippen LogP contribution is -2.29. The predicted molar refractivity (Wildman–Crippen MR) is 118 cm³/mol. The van der Waals surface area contributed by atoms with E-state index in [9.17, 15) is 0 Å². The zero-order chi connectivity index (χ0) is 19.2. The zero-order valence-corrected chi connectivity index (χ0v) is 17.5. The van der Waals surface area contributed by atoms with Crippen LogP contribution in [0.5, 0.6) is 0 Å². The fourth-order valence-electron chi connectivity index (χ4n) is 3.82. The third-order valence-electron chi connectivity index (χ3n) is 5.39. The maximum absolute atomic E-state index is 5.94. The number of pyridine rings is 1. The van der Waals surface area contributed by atoms with Crippen molar-refractivity contribution < 1.29 is 0 Å². The van der Waals surface area contributed by atoms with Crippen LogP contribution >= 0.6 is 24.4 Å². The Morgan fingerprint density at radius 3 is 2.52 bits per heavy atom. The van der Waals surface area contributed by atoms with Crippen molar-refractivity contribution in [3.8, 4) is 0 Å². The Morgan fingerprint density at radius 1 is 1.19 bits per heavy atom. The van der Waals surface area contributed by atoms with E-state index in [1.807, 2.05) is 30.5 Å². The number of thiol groups is 1. The van der Waals surface area contributed by atoms with Gasteiger partial charge in [-0.25, -0.2) is 4.99 Å². The first-order valence-corrected chi connectivity index (χ1v) is 10.3. The van der Waals surface area contributed by atoms with Crippen LogP contribution in [0.4, 0.5) is 5.69 Å². The van der Waals surface area contributed by atoms with E-state index in [1.165, 1.54) is 31.2 Å². The van der Waals surface area contributed by atoms with Crippen molar-refractivity contribution in [2.45, 2.75) is 51.5 Å². The highest BCUT2D eigenvalue weighted by Gasteiger charge is 2.26. The smallest absolute Gasteiger partial charge is 0.206 e. The molecule has 0 bridgehead atoms. The molecule has 2 N–H and O–H groups in total. The largest absolute Gasteiger partial charge is 0.326 e. The summed E-state index contributed by atoms with van der Waals surface area (Å²) in [7, 11) is 0. The predicted octanol–water partition coefficient (Wildman–Crippen LogP) is 5.61. The van der Waals surface area contributed by atoms with Crippen molar-refractivity contribution >= 4 is 36.1 Å². The summed E-state index contributed by atoms with van der Waals surface area (Å²) in [5, 5.41) is 3.98. The van der Waals surface area contributed by atoms with Crippen LogP contribution in [0.2, 0.25) is 5.02 Å². The van der Waals surface area contributed by atoms with Gasteiger partial charge >= 0.3 is 0 Å². The molecule has 1 saturated carbocycles. The van der Waals surface area contributed by atoms with Gasteiger partial charge in [0.2, 0.25) is 5.96 Å². The van der Waals surface area contributed by atoms with Gasteiger partial charge in [-0.05, 0) is 93.3 Å². The van der Waals surface area contributed by atoms with Crippen LogP contribution in [-0.4, -0.2) is 17.0 Å². The molecule has 0 radical (unpaired) electrons. The summed E-state index contributed by atoms with van der Waals surface area (Å²) in [5.41, 5.74) is 3.47. The molecule has 27 heavy (non-hydrogen) atoms. The second kappa shape index (κ2) is 9.47. The number of halogens is 1. The lowest BCUT2D eigenvalue weighted by Gasteiger charge is -2.31. The van der Waals surface area contributed by atoms with Crippen LogP contribution in [0.25, 0.3) is 0 Å². The number of guanidine groups is 1. The van der Waals surface area contributed by atoms with Gasteiger partial charge in [0.15, 0.2) is 0 Å². The van der Waals surface area contributed by atoms with Crippen molar-refractivity contribution in [3.63, 3.8) is 0 Å². The lowest BCUT2D eigenvalue weighted by molar-refractivity contribution is 0.292. The van der Waals surface area contributed by atoms with E-state index < -0.39 is 0 Å². The van der Waals surface area contributed by atoms with E-state index in [4.69, 9.17) is 16.6 Å². The summed E-state index contributed by atoms with van der Waals surface area (Å²) in [6, 6.07) is 12.2. The number of aromatic nitrogens is 1. The van der Waals surface area contributed by atoms with Gasteiger partial charge in [-0.1, -0.05) is 24.4 Å². The fourth-order valence-corrected chi connectivity index (χ4v) is 4.06. The highest BCUT2D eigenvalue weighted by Crippen LogP contribution is 2.37. The fraction of sp³-hybridized carbons (Fsp3) is 0.429. The van der Waals surface area contributed by atoms with Crippen LogP contribution in [0.3, 0.4) is 0 Å². The van der Waals surface area contributed by atoms with E-state index in [0.717, 1.165) is 11.4 Å². The minimum Gasteiger partial charge on any atom is -0.326 e. The third-order valence-corrected chi connectivity index (χ3v) is 5.86. The molecule has 3 rings (SSSR count). The highest BCUT2D eigenvalue weighted by molar-refractivity contribution is 7.78. The molecule has 144 valence electrons. The average Bonchev–Trinajstić information content (AvgIpc) is 2.69. The van der Waals surface area contributed by atoms with Gasteiger partial charge in [-0.2, -0.15) is 0 Å². The monoisotopic (exact) mass is 402 g/mol. The topological polar surface area (TPSA) is 49.3 Å². The summed E-state index contributed by atoms with van der Waals surface area (Å²) in [6.45, 7) is 4.25. The van der Waals surface area contributed by atoms with Gasteiger partial charge in [0.05, 0.1) is 6.04 Å². The Balaban J connectivity index is 1.58. The molecule has 0 saturated heterocycles. The minimum absolute atomic E-state index is 0.236. The Hall–Kier alpha value is -1.72. The average molecular weight is 403 g/mol. The molecule has 0 aliphatic heterocycles.